The third kappa shape index (κ3) is 3.12. The maximum atomic E-state index is 12.7. The zero-order chi connectivity index (χ0) is 17.5. The van der Waals surface area contributed by atoms with Gasteiger partial charge < -0.3 is 15.1 Å². The number of hydrogen-bond acceptors (Lipinski definition) is 6. The lowest BCUT2D eigenvalue weighted by Crippen LogP contribution is -2.24. The van der Waals surface area contributed by atoms with E-state index in [1.54, 1.807) is 11.8 Å². The molecule has 1 fully saturated rings. The Kier molecular flexibility index (Phi) is 4.04. The van der Waals surface area contributed by atoms with Gasteiger partial charge in [-0.15, -0.1) is 10.2 Å². The fourth-order valence-electron chi connectivity index (χ4n) is 2.61. The van der Waals surface area contributed by atoms with Crippen LogP contribution in [0.15, 0.2) is 18.2 Å². The summed E-state index contributed by atoms with van der Waals surface area (Å²) in [5, 5.41) is 27.4. The topological polar surface area (TPSA) is 82.4 Å². The molecule has 0 bridgehead atoms. The number of hydrogen-bond donors (Lipinski definition) is 2. The monoisotopic (exact) mass is 340 g/mol. The molecule has 0 saturated carbocycles. The number of alkyl halides is 3. The average Bonchev–Trinajstić information content (AvgIpc) is 2.93. The molecule has 1 aromatic carbocycles. The first-order chi connectivity index (χ1) is 11.3. The molecule has 2 N–H and O–H groups in total. The van der Waals surface area contributed by atoms with Crippen molar-refractivity contribution < 1.29 is 23.4 Å². The molecular weight excluding hydrogens is 325 g/mol. The van der Waals surface area contributed by atoms with E-state index < -0.39 is 23.6 Å². The first-order valence-electron chi connectivity index (χ1n) is 7.30. The number of aliphatic hydroxyl groups excluding tert-OH is 1. The number of benzene rings is 1. The first kappa shape index (κ1) is 16.4. The number of aromatic hydroxyl groups is 1. The van der Waals surface area contributed by atoms with Gasteiger partial charge in [0.25, 0.3) is 0 Å². The molecule has 1 saturated heterocycles. The van der Waals surface area contributed by atoms with E-state index in [1.165, 1.54) is 0 Å². The number of β-amino-alcohol motifs (C(OH)–C–C–N with tert-alkyl or cyclic N) is 1. The summed E-state index contributed by atoms with van der Waals surface area (Å²) >= 11 is 0. The lowest BCUT2D eigenvalue weighted by Gasteiger charge is -2.16. The van der Waals surface area contributed by atoms with Crippen molar-refractivity contribution >= 4 is 5.95 Å². The number of aliphatic hydroxyl groups is 1. The van der Waals surface area contributed by atoms with Crippen molar-refractivity contribution in [1.82, 2.24) is 15.2 Å². The van der Waals surface area contributed by atoms with Crippen molar-refractivity contribution in [2.24, 2.45) is 0 Å². The molecule has 6 nitrogen and oxygen atoms in total. The van der Waals surface area contributed by atoms with Gasteiger partial charge in [-0.05, 0) is 31.5 Å². The van der Waals surface area contributed by atoms with E-state index in [4.69, 9.17) is 0 Å². The number of halogens is 3. The summed E-state index contributed by atoms with van der Waals surface area (Å²) in [5.41, 5.74) is -0.167. The van der Waals surface area contributed by atoms with Gasteiger partial charge in [-0.2, -0.15) is 13.2 Å². The van der Waals surface area contributed by atoms with E-state index in [-0.39, 0.29) is 11.3 Å². The largest absolute Gasteiger partial charge is 0.507 e. The van der Waals surface area contributed by atoms with Gasteiger partial charge in [0.2, 0.25) is 5.95 Å². The third-order valence-corrected chi connectivity index (χ3v) is 3.88. The molecule has 24 heavy (non-hydrogen) atoms. The predicted molar refractivity (Wildman–Crippen MR) is 79.5 cm³/mol. The fourth-order valence-corrected chi connectivity index (χ4v) is 2.61. The molecule has 1 aliphatic heterocycles. The Morgan fingerprint density at radius 3 is 2.54 bits per heavy atom. The molecule has 3 rings (SSSR count). The van der Waals surface area contributed by atoms with Crippen molar-refractivity contribution in [1.29, 1.82) is 0 Å². The van der Waals surface area contributed by atoms with Crippen LogP contribution >= 0.6 is 0 Å². The van der Waals surface area contributed by atoms with E-state index in [9.17, 15) is 23.4 Å². The molecule has 128 valence electrons. The van der Waals surface area contributed by atoms with E-state index in [2.05, 4.69) is 15.2 Å². The molecular formula is C15H15F3N4O2. The number of rotatable bonds is 2. The molecule has 2 heterocycles. The minimum Gasteiger partial charge on any atom is -0.507 e. The van der Waals surface area contributed by atoms with Gasteiger partial charge in [0, 0.05) is 18.7 Å². The molecule has 0 spiro atoms. The van der Waals surface area contributed by atoms with Crippen LogP contribution in [0.5, 0.6) is 5.75 Å². The smallest absolute Gasteiger partial charge is 0.416 e. The van der Waals surface area contributed by atoms with Gasteiger partial charge in [-0.3, -0.25) is 0 Å². The summed E-state index contributed by atoms with van der Waals surface area (Å²) in [6, 6.07) is 2.68. The minimum absolute atomic E-state index is 0.133. The van der Waals surface area contributed by atoms with Crippen LogP contribution in [0.2, 0.25) is 0 Å². The molecule has 1 aliphatic rings. The Balaban J connectivity index is 1.93. The Labute approximate surface area is 135 Å². The number of phenolic OH excluding ortho intramolecular Hbond substituents is 1. The second-order valence-corrected chi connectivity index (χ2v) is 5.66. The van der Waals surface area contributed by atoms with Crippen molar-refractivity contribution in [2.45, 2.75) is 25.6 Å². The van der Waals surface area contributed by atoms with E-state index in [1.807, 2.05) is 0 Å². The Bertz CT molecular complexity index is 767. The number of aryl methyl sites for hydroxylation is 1. The summed E-state index contributed by atoms with van der Waals surface area (Å²) in [6.07, 6.45) is -4.35. The fraction of sp³-hybridized carbons (Fsp3) is 0.400. The third-order valence-electron chi connectivity index (χ3n) is 3.88. The van der Waals surface area contributed by atoms with Gasteiger partial charge >= 0.3 is 6.18 Å². The Morgan fingerprint density at radius 1 is 1.25 bits per heavy atom. The van der Waals surface area contributed by atoms with Crippen molar-refractivity contribution in [2.75, 3.05) is 18.0 Å². The zero-order valence-electron chi connectivity index (χ0n) is 12.7. The highest BCUT2D eigenvalue weighted by Crippen LogP contribution is 2.36. The lowest BCUT2D eigenvalue weighted by atomic mass is 10.1. The maximum absolute atomic E-state index is 12.7. The van der Waals surface area contributed by atoms with Crippen LogP contribution in [0.1, 0.15) is 17.7 Å². The maximum Gasteiger partial charge on any atom is 0.416 e. The summed E-state index contributed by atoms with van der Waals surface area (Å²) in [5.74, 6) is -0.187. The van der Waals surface area contributed by atoms with Crippen LogP contribution in [0.4, 0.5) is 19.1 Å². The standard InChI is InChI=1S/C15H15F3N4O2/c1-8-13(11-3-2-9(6-12(11)24)15(16,17)18)20-21-14(19-8)22-5-4-10(23)7-22/h2-3,6,10,23-24H,4-5,7H2,1H3. The van der Waals surface area contributed by atoms with Crippen LogP contribution in [-0.4, -0.2) is 44.6 Å². The second kappa shape index (κ2) is 5.90. The van der Waals surface area contributed by atoms with Gasteiger partial charge in [0.15, 0.2) is 0 Å². The zero-order valence-corrected chi connectivity index (χ0v) is 12.7. The summed E-state index contributed by atoms with van der Waals surface area (Å²) < 4.78 is 38.0. The van der Waals surface area contributed by atoms with Gasteiger partial charge in [0.05, 0.1) is 17.4 Å². The van der Waals surface area contributed by atoms with Crippen molar-refractivity contribution in [3.05, 3.63) is 29.5 Å². The number of nitrogens with zero attached hydrogens (tertiary/aromatic N) is 4. The number of phenols is 1. The predicted octanol–water partition coefficient (Wildman–Crippen LogP) is 2.14. The van der Waals surface area contributed by atoms with Crippen LogP contribution in [0.25, 0.3) is 11.3 Å². The normalized spacial score (nSPS) is 18.2. The van der Waals surface area contributed by atoms with E-state index in [0.717, 1.165) is 12.1 Å². The summed E-state index contributed by atoms with van der Waals surface area (Å²) in [6.45, 7) is 2.65. The number of anilines is 1. The van der Waals surface area contributed by atoms with Crippen LogP contribution in [0, 0.1) is 6.92 Å². The number of aromatic nitrogens is 3. The average molecular weight is 340 g/mol. The summed E-state index contributed by atoms with van der Waals surface area (Å²) in [7, 11) is 0. The highest BCUT2D eigenvalue weighted by Gasteiger charge is 2.31. The van der Waals surface area contributed by atoms with Gasteiger partial charge in [0.1, 0.15) is 11.4 Å². The molecule has 0 aliphatic carbocycles. The highest BCUT2D eigenvalue weighted by molar-refractivity contribution is 5.69. The highest BCUT2D eigenvalue weighted by atomic mass is 19.4. The van der Waals surface area contributed by atoms with Crippen molar-refractivity contribution in [3.8, 4) is 17.0 Å². The Hall–Kier alpha value is -2.42. The molecule has 2 aromatic rings. The molecule has 9 heteroatoms. The molecule has 1 aromatic heterocycles. The minimum atomic E-state index is -4.53. The SMILES string of the molecule is Cc1nc(N2CCC(O)C2)nnc1-c1ccc(C(F)(F)F)cc1O. The van der Waals surface area contributed by atoms with Crippen LogP contribution < -0.4 is 4.90 Å². The molecule has 1 unspecified atom stereocenters. The van der Waals surface area contributed by atoms with E-state index in [0.29, 0.717) is 37.2 Å². The van der Waals surface area contributed by atoms with Crippen LogP contribution in [-0.2, 0) is 6.18 Å². The Morgan fingerprint density at radius 2 is 2.00 bits per heavy atom. The second-order valence-electron chi connectivity index (χ2n) is 5.66. The lowest BCUT2D eigenvalue weighted by molar-refractivity contribution is -0.137. The van der Waals surface area contributed by atoms with Crippen molar-refractivity contribution in [3.63, 3.8) is 0 Å². The van der Waals surface area contributed by atoms with Gasteiger partial charge in [-0.25, -0.2) is 4.98 Å². The van der Waals surface area contributed by atoms with Crippen LogP contribution in [0.3, 0.4) is 0 Å². The first-order valence-corrected chi connectivity index (χ1v) is 7.30. The molecule has 0 amide bonds. The molecule has 1 atom stereocenters. The quantitative estimate of drug-likeness (QED) is 0.872. The molecule has 0 radical (unpaired) electrons. The van der Waals surface area contributed by atoms with Gasteiger partial charge in [-0.1, -0.05) is 0 Å². The summed E-state index contributed by atoms with van der Waals surface area (Å²) in [4.78, 5) is 6.06. The van der Waals surface area contributed by atoms with E-state index >= 15 is 0 Å².